The van der Waals surface area contributed by atoms with Crippen LogP contribution in [0.5, 0.6) is 0 Å². The molecule has 6 heteroatoms. The van der Waals surface area contributed by atoms with Crippen LogP contribution in [-0.4, -0.2) is 42.7 Å². The molecule has 19 heavy (non-hydrogen) atoms. The largest absolute Gasteiger partial charge is 0.383 e. The second-order valence-corrected chi connectivity index (χ2v) is 4.21. The molecular formula is C13H22N4O2. The number of hydrogen-bond acceptors (Lipinski definition) is 5. The predicted octanol–water partition coefficient (Wildman–Crippen LogP) is 1.37. The van der Waals surface area contributed by atoms with Gasteiger partial charge in [0.1, 0.15) is 17.3 Å². The van der Waals surface area contributed by atoms with Crippen molar-refractivity contribution in [3.05, 3.63) is 17.6 Å². The van der Waals surface area contributed by atoms with E-state index in [2.05, 4.69) is 27.5 Å². The van der Waals surface area contributed by atoms with Crippen LogP contribution in [0.2, 0.25) is 0 Å². The Morgan fingerprint density at radius 3 is 2.84 bits per heavy atom. The standard InChI is InChI=1S/C13H22N4O2/c1-4-5-6-15-13(18)11-9-12(14-7-8-19-3)17-10(2)16-11/h9H,4-8H2,1-3H3,(H,15,18)(H,14,16,17). The maximum absolute atomic E-state index is 11.9. The van der Waals surface area contributed by atoms with E-state index in [1.54, 1.807) is 20.1 Å². The van der Waals surface area contributed by atoms with E-state index in [-0.39, 0.29) is 5.91 Å². The van der Waals surface area contributed by atoms with Crippen LogP contribution in [0.25, 0.3) is 0 Å². The van der Waals surface area contributed by atoms with Crippen LogP contribution in [0.1, 0.15) is 36.1 Å². The first kappa shape index (κ1) is 15.4. The number of unbranched alkanes of at least 4 members (excludes halogenated alkanes) is 1. The molecule has 0 saturated heterocycles. The number of carbonyl (C=O) groups is 1. The quantitative estimate of drug-likeness (QED) is 0.695. The number of hydrogen-bond donors (Lipinski definition) is 2. The van der Waals surface area contributed by atoms with Gasteiger partial charge in [-0.1, -0.05) is 13.3 Å². The first-order valence-electron chi connectivity index (χ1n) is 6.54. The van der Waals surface area contributed by atoms with Crippen LogP contribution in [-0.2, 0) is 4.74 Å². The molecule has 0 fully saturated rings. The lowest BCUT2D eigenvalue weighted by Crippen LogP contribution is -2.26. The maximum Gasteiger partial charge on any atom is 0.270 e. The van der Waals surface area contributed by atoms with Gasteiger partial charge < -0.3 is 15.4 Å². The van der Waals surface area contributed by atoms with Gasteiger partial charge >= 0.3 is 0 Å². The van der Waals surface area contributed by atoms with Gasteiger partial charge in [0.15, 0.2) is 0 Å². The third kappa shape index (κ3) is 5.65. The molecule has 0 radical (unpaired) electrons. The summed E-state index contributed by atoms with van der Waals surface area (Å²) >= 11 is 0. The second-order valence-electron chi connectivity index (χ2n) is 4.21. The number of aromatic nitrogens is 2. The highest BCUT2D eigenvalue weighted by Gasteiger charge is 2.09. The van der Waals surface area contributed by atoms with Gasteiger partial charge in [-0.2, -0.15) is 0 Å². The van der Waals surface area contributed by atoms with Crippen molar-refractivity contribution in [3.63, 3.8) is 0 Å². The summed E-state index contributed by atoms with van der Waals surface area (Å²) in [5, 5.41) is 5.93. The highest BCUT2D eigenvalue weighted by Crippen LogP contribution is 2.06. The van der Waals surface area contributed by atoms with Crippen molar-refractivity contribution in [1.29, 1.82) is 0 Å². The van der Waals surface area contributed by atoms with E-state index < -0.39 is 0 Å². The fraction of sp³-hybridized carbons (Fsp3) is 0.615. The highest BCUT2D eigenvalue weighted by molar-refractivity contribution is 5.92. The molecule has 1 amide bonds. The molecule has 0 unspecified atom stereocenters. The van der Waals surface area contributed by atoms with Crippen LogP contribution >= 0.6 is 0 Å². The van der Waals surface area contributed by atoms with E-state index >= 15 is 0 Å². The smallest absolute Gasteiger partial charge is 0.270 e. The summed E-state index contributed by atoms with van der Waals surface area (Å²) in [4.78, 5) is 20.3. The van der Waals surface area contributed by atoms with Crippen LogP contribution in [0, 0.1) is 6.92 Å². The third-order valence-electron chi connectivity index (χ3n) is 2.50. The summed E-state index contributed by atoms with van der Waals surface area (Å²) in [6.45, 7) is 5.75. The van der Waals surface area contributed by atoms with Gasteiger partial charge in [-0.05, 0) is 13.3 Å². The summed E-state index contributed by atoms with van der Waals surface area (Å²) in [5.41, 5.74) is 0.392. The first-order valence-corrected chi connectivity index (χ1v) is 6.54. The van der Waals surface area contributed by atoms with E-state index in [9.17, 15) is 4.79 Å². The third-order valence-corrected chi connectivity index (χ3v) is 2.50. The molecule has 106 valence electrons. The van der Waals surface area contributed by atoms with Gasteiger partial charge in [0.25, 0.3) is 5.91 Å². The van der Waals surface area contributed by atoms with Crippen LogP contribution in [0.3, 0.4) is 0 Å². The van der Waals surface area contributed by atoms with Crippen molar-refractivity contribution in [3.8, 4) is 0 Å². The minimum absolute atomic E-state index is 0.159. The lowest BCUT2D eigenvalue weighted by Gasteiger charge is -2.08. The SMILES string of the molecule is CCCCNC(=O)c1cc(NCCOC)nc(C)n1. The molecule has 0 atom stereocenters. The Kier molecular flexibility index (Phi) is 6.81. The second kappa shape index (κ2) is 8.42. The molecule has 1 aromatic heterocycles. The summed E-state index contributed by atoms with van der Waals surface area (Å²) < 4.78 is 4.95. The molecule has 1 heterocycles. The van der Waals surface area contributed by atoms with E-state index in [1.165, 1.54) is 0 Å². The lowest BCUT2D eigenvalue weighted by atomic mass is 10.3. The molecule has 0 aromatic carbocycles. The number of nitrogens with one attached hydrogen (secondary N) is 2. The van der Waals surface area contributed by atoms with E-state index in [0.29, 0.717) is 37.0 Å². The molecular weight excluding hydrogens is 244 g/mol. The molecule has 0 aliphatic heterocycles. The minimum atomic E-state index is -0.159. The zero-order valence-electron chi connectivity index (χ0n) is 11.8. The number of carbonyl (C=O) groups excluding carboxylic acids is 1. The normalized spacial score (nSPS) is 10.3. The molecule has 0 saturated carbocycles. The lowest BCUT2D eigenvalue weighted by molar-refractivity contribution is 0.0948. The van der Waals surface area contributed by atoms with Crippen molar-refractivity contribution >= 4 is 11.7 Å². The van der Waals surface area contributed by atoms with Crippen molar-refractivity contribution in [1.82, 2.24) is 15.3 Å². The maximum atomic E-state index is 11.9. The predicted molar refractivity (Wildman–Crippen MR) is 74.4 cm³/mol. The molecule has 0 spiro atoms. The molecule has 2 N–H and O–H groups in total. The van der Waals surface area contributed by atoms with Crippen LogP contribution in [0.15, 0.2) is 6.07 Å². The summed E-state index contributed by atoms with van der Waals surface area (Å²) in [6, 6.07) is 1.66. The first-order chi connectivity index (χ1) is 9.17. The number of aryl methyl sites for hydroxylation is 1. The summed E-state index contributed by atoms with van der Waals surface area (Å²) in [7, 11) is 1.64. The van der Waals surface area contributed by atoms with Gasteiger partial charge in [-0.25, -0.2) is 9.97 Å². The van der Waals surface area contributed by atoms with Gasteiger partial charge in [-0.15, -0.1) is 0 Å². The van der Waals surface area contributed by atoms with E-state index in [1.807, 2.05) is 0 Å². The van der Waals surface area contributed by atoms with Crippen molar-refractivity contribution < 1.29 is 9.53 Å². The molecule has 0 bridgehead atoms. The Bertz CT molecular complexity index is 410. The molecule has 0 aliphatic carbocycles. The zero-order chi connectivity index (χ0) is 14.1. The number of methoxy groups -OCH3 is 1. The van der Waals surface area contributed by atoms with Gasteiger partial charge in [0.2, 0.25) is 0 Å². The number of amides is 1. The highest BCUT2D eigenvalue weighted by atomic mass is 16.5. The number of nitrogens with zero attached hydrogens (tertiary/aromatic N) is 2. The number of anilines is 1. The van der Waals surface area contributed by atoms with E-state index in [4.69, 9.17) is 4.74 Å². The monoisotopic (exact) mass is 266 g/mol. The Labute approximate surface area is 114 Å². The minimum Gasteiger partial charge on any atom is -0.383 e. The Morgan fingerprint density at radius 2 is 2.16 bits per heavy atom. The Balaban J connectivity index is 2.64. The fourth-order valence-electron chi connectivity index (χ4n) is 1.52. The Hall–Kier alpha value is -1.69. The van der Waals surface area contributed by atoms with Gasteiger partial charge in [0, 0.05) is 26.3 Å². The van der Waals surface area contributed by atoms with Gasteiger partial charge in [-0.3, -0.25) is 4.79 Å². The Morgan fingerprint density at radius 1 is 1.37 bits per heavy atom. The fourth-order valence-corrected chi connectivity index (χ4v) is 1.52. The zero-order valence-corrected chi connectivity index (χ0v) is 11.8. The summed E-state index contributed by atoms with van der Waals surface area (Å²) in [6.07, 6.45) is 2.02. The van der Waals surface area contributed by atoms with E-state index in [0.717, 1.165) is 12.8 Å². The number of rotatable bonds is 8. The average molecular weight is 266 g/mol. The molecule has 0 aliphatic rings. The van der Waals surface area contributed by atoms with Crippen LogP contribution in [0.4, 0.5) is 5.82 Å². The van der Waals surface area contributed by atoms with Crippen LogP contribution < -0.4 is 10.6 Å². The topological polar surface area (TPSA) is 76.1 Å². The van der Waals surface area contributed by atoms with Crippen molar-refractivity contribution in [2.24, 2.45) is 0 Å². The van der Waals surface area contributed by atoms with Crippen molar-refractivity contribution in [2.45, 2.75) is 26.7 Å². The molecule has 1 aromatic rings. The molecule has 6 nitrogen and oxygen atoms in total. The number of ether oxygens (including phenoxy) is 1. The average Bonchev–Trinajstić information content (AvgIpc) is 2.38. The van der Waals surface area contributed by atoms with Crippen molar-refractivity contribution in [2.75, 3.05) is 32.1 Å². The molecule has 1 rings (SSSR count). The van der Waals surface area contributed by atoms with Gasteiger partial charge in [0.05, 0.1) is 6.61 Å². The summed E-state index contributed by atoms with van der Waals surface area (Å²) in [5.74, 6) is 1.06.